The van der Waals surface area contributed by atoms with Crippen molar-refractivity contribution < 1.29 is 9.53 Å². The fraction of sp³-hybridized carbons (Fsp3) is 0.0833. The first-order chi connectivity index (χ1) is 7.33. The van der Waals surface area contributed by atoms with Crippen molar-refractivity contribution in [1.82, 2.24) is 0 Å². The Bertz CT molecular complexity index is 469. The van der Waals surface area contributed by atoms with E-state index >= 15 is 0 Å². The molecule has 1 N–H and O–H groups in total. The number of ether oxygens (including phenoxy) is 1. The quantitative estimate of drug-likeness (QED) is 0.340. The van der Waals surface area contributed by atoms with E-state index < -0.39 is 0 Å². The zero-order chi connectivity index (χ0) is 10.7. The number of carbonyl (C=O) groups is 1. The van der Waals surface area contributed by atoms with Crippen molar-refractivity contribution in [2.75, 3.05) is 11.9 Å². The lowest BCUT2D eigenvalue weighted by Gasteiger charge is -1.97. The highest BCUT2D eigenvalue weighted by molar-refractivity contribution is 6.31. The summed E-state index contributed by atoms with van der Waals surface area (Å²) in [5, 5.41) is 2.74. The summed E-state index contributed by atoms with van der Waals surface area (Å²) in [4.78, 5) is 11.5. The van der Waals surface area contributed by atoms with Crippen LogP contribution in [0.15, 0.2) is 30.5 Å². The molecule has 0 radical (unpaired) electrons. The highest BCUT2D eigenvalue weighted by atomic mass is 16.5. The van der Waals surface area contributed by atoms with Crippen LogP contribution >= 0.6 is 0 Å². The van der Waals surface area contributed by atoms with Crippen LogP contribution in [0.5, 0.6) is 0 Å². The second-order valence-corrected chi connectivity index (χ2v) is 3.05. The summed E-state index contributed by atoms with van der Waals surface area (Å²) >= 11 is 0. The second-order valence-electron chi connectivity index (χ2n) is 3.05. The van der Waals surface area contributed by atoms with Crippen LogP contribution in [0, 0.1) is 12.3 Å². The van der Waals surface area contributed by atoms with Crippen molar-refractivity contribution in [3.05, 3.63) is 36.1 Å². The van der Waals surface area contributed by atoms with Crippen LogP contribution in [-0.2, 0) is 9.53 Å². The Morgan fingerprint density at radius 3 is 3.07 bits per heavy atom. The predicted molar refractivity (Wildman–Crippen MR) is 57.8 cm³/mol. The Morgan fingerprint density at radius 2 is 2.27 bits per heavy atom. The molecular formula is C12H9NO2. The minimum Gasteiger partial charge on any atom is -0.488 e. The Morgan fingerprint density at radius 1 is 1.47 bits per heavy atom. The lowest BCUT2D eigenvalue weighted by Crippen LogP contribution is -2.04. The molecule has 1 aromatic rings. The molecule has 1 aromatic carbocycles. The summed E-state index contributed by atoms with van der Waals surface area (Å²) in [6, 6.07) is 7.44. The number of terminal acetylenes is 1. The third-order valence-corrected chi connectivity index (χ3v) is 2.08. The Kier molecular flexibility index (Phi) is 2.42. The van der Waals surface area contributed by atoms with Gasteiger partial charge in [-0.1, -0.05) is 24.1 Å². The number of fused-ring (bicyclic) bond motifs is 1. The van der Waals surface area contributed by atoms with E-state index in [-0.39, 0.29) is 12.5 Å². The van der Waals surface area contributed by atoms with Crippen LogP contribution in [-0.4, -0.2) is 12.5 Å². The van der Waals surface area contributed by atoms with E-state index in [0.717, 1.165) is 11.3 Å². The fourth-order valence-corrected chi connectivity index (χ4v) is 1.43. The van der Waals surface area contributed by atoms with Gasteiger partial charge in [0.1, 0.15) is 6.61 Å². The van der Waals surface area contributed by atoms with Crippen molar-refractivity contribution in [3.63, 3.8) is 0 Å². The van der Waals surface area contributed by atoms with Crippen molar-refractivity contribution in [2.45, 2.75) is 0 Å². The van der Waals surface area contributed by atoms with E-state index in [2.05, 4.69) is 11.2 Å². The molecule has 3 heteroatoms. The summed E-state index contributed by atoms with van der Waals surface area (Å²) in [5.41, 5.74) is 2.17. The molecule has 1 amide bonds. The number of rotatable bonds is 2. The van der Waals surface area contributed by atoms with Gasteiger partial charge in [0.2, 0.25) is 0 Å². The summed E-state index contributed by atoms with van der Waals surface area (Å²) in [6.45, 7) is 0.166. The van der Waals surface area contributed by atoms with Crippen LogP contribution in [0.3, 0.4) is 0 Å². The van der Waals surface area contributed by atoms with E-state index in [0.29, 0.717) is 5.57 Å². The van der Waals surface area contributed by atoms with Crippen LogP contribution in [0.2, 0.25) is 0 Å². The minimum absolute atomic E-state index is 0.159. The minimum atomic E-state index is -0.159. The van der Waals surface area contributed by atoms with Crippen LogP contribution < -0.4 is 5.32 Å². The maximum absolute atomic E-state index is 11.5. The van der Waals surface area contributed by atoms with Crippen molar-refractivity contribution in [3.8, 4) is 12.3 Å². The van der Waals surface area contributed by atoms with E-state index in [9.17, 15) is 4.79 Å². The predicted octanol–water partition coefficient (Wildman–Crippen LogP) is 1.63. The van der Waals surface area contributed by atoms with Gasteiger partial charge in [0, 0.05) is 11.3 Å². The maximum Gasteiger partial charge on any atom is 0.259 e. The van der Waals surface area contributed by atoms with Gasteiger partial charge in [0.15, 0.2) is 0 Å². The standard InChI is InChI=1S/C12H9NO2/c1-2-7-15-8-10-9-5-3-4-6-11(9)13-12(10)14/h1,3-6,8H,7H2,(H,13,14)/b10-8+. The molecule has 0 saturated heterocycles. The van der Waals surface area contributed by atoms with Crippen molar-refractivity contribution in [2.24, 2.45) is 0 Å². The van der Waals surface area contributed by atoms with Gasteiger partial charge >= 0.3 is 0 Å². The first kappa shape index (κ1) is 9.35. The van der Waals surface area contributed by atoms with Crippen molar-refractivity contribution in [1.29, 1.82) is 0 Å². The van der Waals surface area contributed by atoms with Gasteiger partial charge in [-0.15, -0.1) is 6.42 Å². The summed E-state index contributed by atoms with van der Waals surface area (Å²) in [7, 11) is 0. The molecule has 0 bridgehead atoms. The molecule has 1 heterocycles. The lowest BCUT2D eigenvalue weighted by atomic mass is 10.1. The third-order valence-electron chi connectivity index (χ3n) is 2.08. The molecule has 15 heavy (non-hydrogen) atoms. The topological polar surface area (TPSA) is 38.3 Å². The average molecular weight is 199 g/mol. The normalized spacial score (nSPS) is 15.7. The van der Waals surface area contributed by atoms with Crippen molar-refractivity contribution >= 4 is 17.2 Å². The molecule has 1 aliphatic heterocycles. The third kappa shape index (κ3) is 1.70. The van der Waals surface area contributed by atoms with Crippen LogP contribution in [0.1, 0.15) is 5.56 Å². The lowest BCUT2D eigenvalue weighted by molar-refractivity contribution is -0.110. The van der Waals surface area contributed by atoms with Gasteiger partial charge < -0.3 is 10.1 Å². The molecule has 3 nitrogen and oxygen atoms in total. The van der Waals surface area contributed by atoms with Crippen LogP contribution in [0.4, 0.5) is 5.69 Å². The molecule has 0 unspecified atom stereocenters. The molecule has 1 aliphatic rings. The van der Waals surface area contributed by atoms with E-state index in [4.69, 9.17) is 11.2 Å². The highest BCUT2D eigenvalue weighted by Gasteiger charge is 2.23. The van der Waals surface area contributed by atoms with Gasteiger partial charge in [-0.3, -0.25) is 4.79 Å². The van der Waals surface area contributed by atoms with Gasteiger partial charge in [-0.05, 0) is 6.07 Å². The molecule has 0 atom stereocenters. The number of para-hydroxylation sites is 1. The molecule has 0 fully saturated rings. The zero-order valence-electron chi connectivity index (χ0n) is 7.99. The molecule has 0 aliphatic carbocycles. The fourth-order valence-electron chi connectivity index (χ4n) is 1.43. The Balaban J connectivity index is 2.30. The van der Waals surface area contributed by atoms with Gasteiger partial charge in [0.05, 0.1) is 11.8 Å². The van der Waals surface area contributed by atoms with E-state index in [1.54, 1.807) is 0 Å². The monoisotopic (exact) mass is 199 g/mol. The highest BCUT2D eigenvalue weighted by Crippen LogP contribution is 2.30. The number of hydrogen-bond acceptors (Lipinski definition) is 2. The van der Waals surface area contributed by atoms with Gasteiger partial charge in [-0.25, -0.2) is 0 Å². The maximum atomic E-state index is 11.5. The molecule has 0 spiro atoms. The Labute approximate surface area is 87.7 Å². The average Bonchev–Trinajstić information content (AvgIpc) is 2.56. The van der Waals surface area contributed by atoms with Gasteiger partial charge in [-0.2, -0.15) is 0 Å². The molecule has 0 aromatic heterocycles. The van der Waals surface area contributed by atoms with Gasteiger partial charge in [0.25, 0.3) is 5.91 Å². The second kappa shape index (κ2) is 3.89. The molecule has 0 saturated carbocycles. The van der Waals surface area contributed by atoms with Crippen LogP contribution in [0.25, 0.3) is 5.57 Å². The number of hydrogen-bond donors (Lipinski definition) is 1. The molecular weight excluding hydrogens is 190 g/mol. The van der Waals surface area contributed by atoms with E-state index in [1.807, 2.05) is 24.3 Å². The number of benzene rings is 1. The molecule has 2 rings (SSSR count). The largest absolute Gasteiger partial charge is 0.488 e. The smallest absolute Gasteiger partial charge is 0.259 e. The summed E-state index contributed by atoms with van der Waals surface area (Å²) < 4.78 is 5.04. The number of anilines is 1. The zero-order valence-corrected chi connectivity index (χ0v) is 7.99. The number of carbonyl (C=O) groups excluding carboxylic acids is 1. The number of amides is 1. The summed E-state index contributed by atoms with van der Waals surface area (Å²) in [6.07, 6.45) is 6.44. The van der Waals surface area contributed by atoms with E-state index in [1.165, 1.54) is 6.26 Å². The first-order valence-electron chi connectivity index (χ1n) is 4.49. The Hall–Kier alpha value is -2.21. The molecule has 74 valence electrons. The SMILES string of the molecule is C#CCO/C=C1/C(=O)Nc2ccccc21. The first-order valence-corrected chi connectivity index (χ1v) is 4.49. The number of nitrogens with one attached hydrogen (secondary N) is 1. The summed E-state index contributed by atoms with van der Waals surface area (Å²) in [5.74, 6) is 2.17.